The van der Waals surface area contributed by atoms with Gasteiger partial charge in [-0.2, -0.15) is 4.98 Å². The topological polar surface area (TPSA) is 132 Å². The van der Waals surface area contributed by atoms with Gasteiger partial charge in [0.05, 0.1) is 18.6 Å². The fourth-order valence-corrected chi connectivity index (χ4v) is 2.14. The monoisotopic (exact) mass is 313 g/mol. The molecule has 3 rings (SSSR count). The number of anilines is 1. The van der Waals surface area contributed by atoms with Gasteiger partial charge in [-0.25, -0.2) is 4.98 Å². The molecule has 118 valence electrons. The lowest BCUT2D eigenvalue weighted by molar-refractivity contribution is -0.121. The molecule has 0 atom stereocenters. The molecule has 0 bridgehead atoms. The van der Waals surface area contributed by atoms with Crippen molar-refractivity contribution in [2.45, 2.75) is 19.5 Å². The number of fused-ring (bicyclic) bond motifs is 1. The Balaban J connectivity index is 1.62. The van der Waals surface area contributed by atoms with Gasteiger partial charge in [0.2, 0.25) is 11.9 Å². The van der Waals surface area contributed by atoms with Crippen molar-refractivity contribution in [1.29, 1.82) is 0 Å². The molecule has 0 aromatic carbocycles. The van der Waals surface area contributed by atoms with Crippen molar-refractivity contribution in [3.8, 4) is 0 Å². The van der Waals surface area contributed by atoms with Crippen LogP contribution >= 0.6 is 0 Å². The van der Waals surface area contributed by atoms with Crippen molar-refractivity contribution < 1.29 is 4.79 Å². The van der Waals surface area contributed by atoms with E-state index in [1.807, 2.05) is 18.2 Å². The molecular formula is C14H15N7O2. The Labute approximate surface area is 130 Å². The number of carbonyl (C=O) groups is 1. The number of aromatic nitrogens is 5. The third kappa shape index (κ3) is 3.34. The minimum Gasteiger partial charge on any atom is -0.369 e. The highest BCUT2D eigenvalue weighted by atomic mass is 16.1. The Morgan fingerprint density at radius 1 is 1.35 bits per heavy atom. The maximum atomic E-state index is 11.9. The number of aromatic amines is 1. The van der Waals surface area contributed by atoms with Crippen molar-refractivity contribution in [2.24, 2.45) is 0 Å². The lowest BCUT2D eigenvalue weighted by atomic mass is 10.3. The second-order valence-corrected chi connectivity index (χ2v) is 4.91. The lowest BCUT2D eigenvalue weighted by Crippen LogP contribution is -2.24. The van der Waals surface area contributed by atoms with Gasteiger partial charge in [-0.1, -0.05) is 6.07 Å². The molecule has 3 aromatic rings. The first-order valence-electron chi connectivity index (χ1n) is 7.01. The van der Waals surface area contributed by atoms with Gasteiger partial charge in [0.25, 0.3) is 5.56 Å². The number of imidazole rings is 1. The Morgan fingerprint density at radius 2 is 2.22 bits per heavy atom. The summed E-state index contributed by atoms with van der Waals surface area (Å²) in [7, 11) is 0. The smallest absolute Gasteiger partial charge is 0.280 e. The van der Waals surface area contributed by atoms with Crippen LogP contribution in [0, 0.1) is 0 Å². The van der Waals surface area contributed by atoms with E-state index in [1.165, 1.54) is 6.33 Å². The first kappa shape index (κ1) is 14.7. The molecule has 0 aliphatic carbocycles. The number of rotatable bonds is 5. The molecule has 3 heterocycles. The van der Waals surface area contributed by atoms with Crippen LogP contribution in [0.5, 0.6) is 0 Å². The molecule has 0 aliphatic heterocycles. The average Bonchev–Trinajstić information content (AvgIpc) is 2.95. The molecule has 3 aromatic heterocycles. The molecule has 0 fully saturated rings. The lowest BCUT2D eigenvalue weighted by Gasteiger charge is -2.06. The summed E-state index contributed by atoms with van der Waals surface area (Å²) in [5, 5.41) is 2.78. The number of hydrogen-bond acceptors (Lipinski definition) is 6. The molecule has 0 radical (unpaired) electrons. The molecule has 4 N–H and O–H groups in total. The fourth-order valence-electron chi connectivity index (χ4n) is 2.14. The summed E-state index contributed by atoms with van der Waals surface area (Å²) in [5.41, 5.74) is 6.48. The van der Waals surface area contributed by atoms with Crippen molar-refractivity contribution in [3.63, 3.8) is 0 Å². The molecule has 0 unspecified atom stereocenters. The zero-order valence-corrected chi connectivity index (χ0v) is 12.2. The highest BCUT2D eigenvalue weighted by molar-refractivity contribution is 5.76. The Morgan fingerprint density at radius 3 is 3.00 bits per heavy atom. The molecule has 23 heavy (non-hydrogen) atoms. The van der Waals surface area contributed by atoms with Gasteiger partial charge in [0.15, 0.2) is 11.2 Å². The number of aryl methyl sites for hydroxylation is 1. The van der Waals surface area contributed by atoms with Gasteiger partial charge in [-0.15, -0.1) is 0 Å². The van der Waals surface area contributed by atoms with E-state index >= 15 is 0 Å². The van der Waals surface area contributed by atoms with Crippen LogP contribution in [0.2, 0.25) is 0 Å². The minimum atomic E-state index is -0.397. The average molecular weight is 313 g/mol. The number of nitrogens with two attached hydrogens (primary N) is 1. The Bertz CT molecular complexity index is 885. The predicted octanol–water partition coefficient (Wildman–Crippen LogP) is -0.197. The molecule has 0 aliphatic rings. The minimum absolute atomic E-state index is 0.0175. The second-order valence-electron chi connectivity index (χ2n) is 4.91. The number of H-pyrrole nitrogens is 1. The summed E-state index contributed by atoms with van der Waals surface area (Å²) in [6, 6.07) is 5.51. The highest BCUT2D eigenvalue weighted by Crippen LogP contribution is 2.07. The number of nitrogens with zero attached hydrogens (tertiary/aromatic N) is 4. The summed E-state index contributed by atoms with van der Waals surface area (Å²) in [4.78, 5) is 38.1. The third-order valence-electron chi connectivity index (χ3n) is 3.27. The van der Waals surface area contributed by atoms with E-state index in [1.54, 1.807) is 10.8 Å². The fraction of sp³-hybridized carbons (Fsp3) is 0.214. The predicted molar refractivity (Wildman–Crippen MR) is 83.3 cm³/mol. The van der Waals surface area contributed by atoms with Gasteiger partial charge in [0, 0.05) is 19.2 Å². The van der Waals surface area contributed by atoms with Crippen LogP contribution in [0.1, 0.15) is 12.1 Å². The maximum absolute atomic E-state index is 11.9. The molecule has 0 spiro atoms. The zero-order chi connectivity index (χ0) is 16.2. The van der Waals surface area contributed by atoms with Gasteiger partial charge in [-0.05, 0) is 12.1 Å². The van der Waals surface area contributed by atoms with Crippen LogP contribution in [-0.4, -0.2) is 30.4 Å². The number of nitrogens with one attached hydrogen (secondary N) is 2. The van der Waals surface area contributed by atoms with Crippen molar-refractivity contribution in [3.05, 3.63) is 46.8 Å². The van der Waals surface area contributed by atoms with Crippen molar-refractivity contribution in [1.82, 2.24) is 29.8 Å². The largest absolute Gasteiger partial charge is 0.369 e. The summed E-state index contributed by atoms with van der Waals surface area (Å²) >= 11 is 0. The van der Waals surface area contributed by atoms with Crippen LogP contribution in [0.4, 0.5) is 5.95 Å². The van der Waals surface area contributed by atoms with E-state index in [0.29, 0.717) is 18.7 Å². The zero-order valence-electron chi connectivity index (χ0n) is 12.2. The van der Waals surface area contributed by atoms with Crippen LogP contribution in [0.15, 0.2) is 35.5 Å². The maximum Gasteiger partial charge on any atom is 0.280 e. The van der Waals surface area contributed by atoms with Crippen LogP contribution in [0.3, 0.4) is 0 Å². The highest BCUT2D eigenvalue weighted by Gasteiger charge is 2.10. The van der Waals surface area contributed by atoms with Gasteiger partial charge in [0.1, 0.15) is 0 Å². The number of hydrogen-bond donors (Lipinski definition) is 3. The molecule has 0 saturated heterocycles. The number of pyridine rings is 1. The molecule has 9 nitrogen and oxygen atoms in total. The van der Waals surface area contributed by atoms with Crippen LogP contribution in [0.25, 0.3) is 11.2 Å². The quantitative estimate of drug-likeness (QED) is 0.598. The van der Waals surface area contributed by atoms with E-state index in [4.69, 9.17) is 5.73 Å². The first-order chi connectivity index (χ1) is 11.1. The molecule has 9 heteroatoms. The van der Waals surface area contributed by atoms with Crippen LogP contribution < -0.4 is 16.6 Å². The number of nitrogen functional groups attached to an aromatic ring is 1. The van der Waals surface area contributed by atoms with Crippen molar-refractivity contribution in [2.75, 3.05) is 5.73 Å². The Hall–Kier alpha value is -3.23. The SMILES string of the molecule is Nc1nc2c(ncn2CCC(=O)NCc2ccccn2)c(=O)[nH]1. The number of amides is 1. The van der Waals surface area contributed by atoms with Crippen LogP contribution in [-0.2, 0) is 17.9 Å². The van der Waals surface area contributed by atoms with Crippen molar-refractivity contribution >= 4 is 23.0 Å². The molecule has 0 saturated carbocycles. The summed E-state index contributed by atoms with van der Waals surface area (Å²) < 4.78 is 1.63. The normalized spacial score (nSPS) is 10.8. The first-order valence-corrected chi connectivity index (χ1v) is 7.01. The van der Waals surface area contributed by atoms with E-state index in [-0.39, 0.29) is 23.8 Å². The summed E-state index contributed by atoms with van der Waals surface area (Å²) in [6.07, 6.45) is 3.37. The van der Waals surface area contributed by atoms with E-state index in [0.717, 1.165) is 5.69 Å². The second kappa shape index (κ2) is 6.26. The van der Waals surface area contributed by atoms with Gasteiger partial charge in [-0.3, -0.25) is 19.6 Å². The summed E-state index contributed by atoms with van der Waals surface area (Å²) in [5.74, 6) is -0.112. The summed E-state index contributed by atoms with van der Waals surface area (Å²) in [6.45, 7) is 0.718. The molecule has 1 amide bonds. The Kier molecular flexibility index (Phi) is 4.00. The van der Waals surface area contributed by atoms with E-state index < -0.39 is 5.56 Å². The van der Waals surface area contributed by atoms with Gasteiger partial charge >= 0.3 is 0 Å². The standard InChI is InChI=1S/C14H15N7O2/c15-14-19-12-11(13(23)20-14)18-8-21(12)6-4-10(22)17-7-9-3-1-2-5-16-9/h1-3,5,8H,4,6-7H2,(H,17,22)(H3,15,19,20,23). The number of carbonyl (C=O) groups excluding carboxylic acids is 1. The molecular weight excluding hydrogens is 298 g/mol. The van der Waals surface area contributed by atoms with E-state index in [2.05, 4.69) is 25.3 Å². The van der Waals surface area contributed by atoms with Gasteiger partial charge < -0.3 is 15.6 Å². The van der Waals surface area contributed by atoms with E-state index in [9.17, 15) is 9.59 Å². The third-order valence-corrected chi connectivity index (χ3v) is 3.27.